The van der Waals surface area contributed by atoms with E-state index in [4.69, 9.17) is 4.74 Å². The van der Waals surface area contributed by atoms with Gasteiger partial charge in [-0.05, 0) is 44.0 Å². The Bertz CT molecular complexity index is 511. The summed E-state index contributed by atoms with van der Waals surface area (Å²) in [7, 11) is 1.80. The quantitative estimate of drug-likeness (QED) is 0.890. The molecule has 1 N–H and O–H groups in total. The van der Waals surface area contributed by atoms with Gasteiger partial charge in [0, 0.05) is 7.05 Å². The van der Waals surface area contributed by atoms with Crippen LogP contribution in [0.4, 0.5) is 5.82 Å². The Hall–Kier alpha value is -1.14. The molecule has 1 heterocycles. The van der Waals surface area contributed by atoms with Gasteiger partial charge in [-0.2, -0.15) is 0 Å². The van der Waals surface area contributed by atoms with Crippen molar-refractivity contribution in [3.63, 3.8) is 0 Å². The largest absolute Gasteiger partial charge is 0.485 e. The molecule has 0 radical (unpaired) electrons. The zero-order chi connectivity index (χ0) is 13.0. The molecule has 94 valence electrons. The van der Waals surface area contributed by atoms with Crippen molar-refractivity contribution in [3.8, 4) is 5.75 Å². The van der Waals surface area contributed by atoms with Crippen LogP contribution in [0, 0.1) is 0 Å². The second-order valence-corrected chi connectivity index (χ2v) is 5.19. The van der Waals surface area contributed by atoms with Gasteiger partial charge in [0.05, 0.1) is 27.0 Å². The maximum atomic E-state index is 5.71. The fourth-order valence-corrected chi connectivity index (χ4v) is 2.55. The molecule has 0 aliphatic heterocycles. The molecule has 2 aromatic rings. The number of anilines is 1. The van der Waals surface area contributed by atoms with E-state index in [1.165, 1.54) is 0 Å². The van der Waals surface area contributed by atoms with E-state index in [9.17, 15) is 0 Å². The van der Waals surface area contributed by atoms with Crippen molar-refractivity contribution in [2.45, 2.75) is 6.61 Å². The lowest BCUT2D eigenvalue weighted by atomic mass is 10.3. The molecule has 0 saturated carbocycles. The summed E-state index contributed by atoms with van der Waals surface area (Å²) < 4.78 is 7.51. The highest BCUT2D eigenvalue weighted by Crippen LogP contribution is 2.33. The van der Waals surface area contributed by atoms with Crippen LogP contribution < -0.4 is 10.1 Å². The van der Waals surface area contributed by atoms with E-state index in [0.29, 0.717) is 6.61 Å². The monoisotopic (exact) mass is 371 g/mol. The van der Waals surface area contributed by atoms with E-state index >= 15 is 0 Å². The summed E-state index contributed by atoms with van der Waals surface area (Å²) in [6.45, 7) is 0.373. The van der Waals surface area contributed by atoms with E-state index in [2.05, 4.69) is 47.1 Å². The topological polar surface area (TPSA) is 47.0 Å². The standard InChI is InChI=1S/C12H11Br2N3O/c1-15-11-6-16-8(5-17-11)7-18-12-9(13)3-2-4-10(12)14/h2-6H,7H2,1H3,(H,15,17). The normalized spacial score (nSPS) is 10.2. The molecule has 0 unspecified atom stereocenters. The average molecular weight is 373 g/mol. The van der Waals surface area contributed by atoms with Crippen molar-refractivity contribution in [1.82, 2.24) is 9.97 Å². The smallest absolute Gasteiger partial charge is 0.148 e. The highest BCUT2D eigenvalue weighted by Gasteiger charge is 2.06. The Morgan fingerprint density at radius 2 is 1.89 bits per heavy atom. The minimum absolute atomic E-state index is 0.373. The second kappa shape index (κ2) is 6.15. The number of para-hydroxylation sites is 1. The number of aromatic nitrogens is 2. The van der Waals surface area contributed by atoms with Crippen LogP contribution in [0.25, 0.3) is 0 Å². The number of halogens is 2. The highest BCUT2D eigenvalue weighted by molar-refractivity contribution is 9.11. The molecule has 0 spiro atoms. The first-order valence-electron chi connectivity index (χ1n) is 5.26. The Morgan fingerprint density at radius 3 is 2.44 bits per heavy atom. The van der Waals surface area contributed by atoms with Crippen molar-refractivity contribution < 1.29 is 4.74 Å². The molecule has 1 aromatic heterocycles. The molecule has 0 saturated heterocycles. The Balaban J connectivity index is 2.06. The third-order valence-electron chi connectivity index (χ3n) is 2.24. The van der Waals surface area contributed by atoms with Crippen LogP contribution in [0.3, 0.4) is 0 Å². The zero-order valence-corrected chi connectivity index (χ0v) is 12.8. The van der Waals surface area contributed by atoms with Gasteiger partial charge in [-0.15, -0.1) is 0 Å². The van der Waals surface area contributed by atoms with Crippen molar-refractivity contribution >= 4 is 37.7 Å². The fourth-order valence-electron chi connectivity index (χ4n) is 1.32. The number of nitrogens with zero attached hydrogens (tertiary/aromatic N) is 2. The minimum atomic E-state index is 0.373. The number of ether oxygens (including phenoxy) is 1. The molecular weight excluding hydrogens is 362 g/mol. The summed E-state index contributed by atoms with van der Waals surface area (Å²) in [5, 5.41) is 2.92. The number of benzene rings is 1. The Labute approximate surface area is 122 Å². The Kier molecular flexibility index (Phi) is 4.54. The van der Waals surface area contributed by atoms with E-state index in [1.54, 1.807) is 19.4 Å². The average Bonchev–Trinajstić information content (AvgIpc) is 2.39. The molecule has 0 amide bonds. The van der Waals surface area contributed by atoms with Gasteiger partial charge in [-0.3, -0.25) is 4.98 Å². The number of nitrogens with one attached hydrogen (secondary N) is 1. The fraction of sp³-hybridized carbons (Fsp3) is 0.167. The summed E-state index contributed by atoms with van der Waals surface area (Å²) in [6.07, 6.45) is 3.37. The molecule has 2 rings (SSSR count). The molecule has 0 bridgehead atoms. The summed E-state index contributed by atoms with van der Waals surface area (Å²) in [5.74, 6) is 1.50. The maximum absolute atomic E-state index is 5.71. The van der Waals surface area contributed by atoms with Crippen LogP contribution in [-0.4, -0.2) is 17.0 Å². The predicted octanol–water partition coefficient (Wildman–Crippen LogP) is 3.62. The van der Waals surface area contributed by atoms with Gasteiger partial charge >= 0.3 is 0 Å². The number of hydrogen-bond acceptors (Lipinski definition) is 4. The third kappa shape index (κ3) is 3.20. The molecular formula is C12H11Br2N3O. The summed E-state index contributed by atoms with van der Waals surface area (Å²) >= 11 is 6.88. The van der Waals surface area contributed by atoms with Crippen LogP contribution in [-0.2, 0) is 6.61 Å². The molecule has 0 aliphatic carbocycles. The van der Waals surface area contributed by atoms with Crippen LogP contribution in [0.15, 0.2) is 39.5 Å². The van der Waals surface area contributed by atoms with Crippen LogP contribution in [0.2, 0.25) is 0 Å². The minimum Gasteiger partial charge on any atom is -0.485 e. The van der Waals surface area contributed by atoms with Crippen molar-refractivity contribution in [2.75, 3.05) is 12.4 Å². The molecule has 6 heteroatoms. The lowest BCUT2D eigenvalue weighted by Crippen LogP contribution is -2.01. The van der Waals surface area contributed by atoms with E-state index in [-0.39, 0.29) is 0 Å². The molecule has 4 nitrogen and oxygen atoms in total. The maximum Gasteiger partial charge on any atom is 0.148 e. The molecule has 0 atom stereocenters. The zero-order valence-electron chi connectivity index (χ0n) is 9.65. The highest BCUT2D eigenvalue weighted by atomic mass is 79.9. The second-order valence-electron chi connectivity index (χ2n) is 3.48. The van der Waals surface area contributed by atoms with Gasteiger partial charge < -0.3 is 10.1 Å². The van der Waals surface area contributed by atoms with Gasteiger partial charge in [0.15, 0.2) is 0 Å². The Morgan fingerprint density at radius 1 is 1.17 bits per heavy atom. The predicted molar refractivity (Wildman–Crippen MR) is 77.8 cm³/mol. The number of rotatable bonds is 4. The first-order chi connectivity index (χ1) is 8.70. The van der Waals surface area contributed by atoms with Crippen LogP contribution >= 0.6 is 31.9 Å². The summed E-state index contributed by atoms with van der Waals surface area (Å²) in [5.41, 5.74) is 0.775. The van der Waals surface area contributed by atoms with Gasteiger partial charge in [-0.25, -0.2) is 4.98 Å². The SMILES string of the molecule is CNc1cnc(COc2c(Br)cccc2Br)cn1. The van der Waals surface area contributed by atoms with Crippen LogP contribution in [0.1, 0.15) is 5.69 Å². The van der Waals surface area contributed by atoms with E-state index in [0.717, 1.165) is 26.2 Å². The van der Waals surface area contributed by atoms with Crippen molar-refractivity contribution in [1.29, 1.82) is 0 Å². The molecule has 0 aliphatic rings. The molecule has 18 heavy (non-hydrogen) atoms. The summed E-state index contributed by atoms with van der Waals surface area (Å²) in [6, 6.07) is 5.79. The van der Waals surface area contributed by atoms with Crippen molar-refractivity contribution in [3.05, 3.63) is 45.2 Å². The molecule has 0 fully saturated rings. The first kappa shape index (κ1) is 13.3. The first-order valence-corrected chi connectivity index (χ1v) is 6.85. The van der Waals surface area contributed by atoms with E-state index < -0.39 is 0 Å². The van der Waals surface area contributed by atoms with Gasteiger partial charge in [0.2, 0.25) is 0 Å². The van der Waals surface area contributed by atoms with Crippen molar-refractivity contribution in [2.24, 2.45) is 0 Å². The lowest BCUT2D eigenvalue weighted by Gasteiger charge is -2.09. The van der Waals surface area contributed by atoms with Gasteiger partial charge in [-0.1, -0.05) is 6.07 Å². The molecule has 1 aromatic carbocycles. The van der Waals surface area contributed by atoms with Crippen LogP contribution in [0.5, 0.6) is 5.75 Å². The number of hydrogen-bond donors (Lipinski definition) is 1. The lowest BCUT2D eigenvalue weighted by molar-refractivity contribution is 0.297. The van der Waals surface area contributed by atoms with Gasteiger partial charge in [0.1, 0.15) is 18.2 Å². The van der Waals surface area contributed by atoms with Gasteiger partial charge in [0.25, 0.3) is 0 Å². The van der Waals surface area contributed by atoms with E-state index in [1.807, 2.05) is 18.2 Å². The third-order valence-corrected chi connectivity index (χ3v) is 3.49. The summed E-state index contributed by atoms with van der Waals surface area (Å²) in [4.78, 5) is 8.42.